The van der Waals surface area contributed by atoms with E-state index in [0.29, 0.717) is 29.5 Å². The molecule has 9 heteroatoms. The van der Waals surface area contributed by atoms with Gasteiger partial charge in [0.05, 0.1) is 13.7 Å². The number of nitrogens with one attached hydrogen (secondary N) is 1. The van der Waals surface area contributed by atoms with Crippen molar-refractivity contribution in [1.82, 2.24) is 20.1 Å². The molecule has 0 saturated carbocycles. The second kappa shape index (κ2) is 10.8. The lowest BCUT2D eigenvalue weighted by molar-refractivity contribution is -0.130. The number of ether oxygens (including phenoxy) is 2. The van der Waals surface area contributed by atoms with Gasteiger partial charge in [0.15, 0.2) is 17.3 Å². The van der Waals surface area contributed by atoms with Crippen molar-refractivity contribution in [2.24, 2.45) is 0 Å². The van der Waals surface area contributed by atoms with Gasteiger partial charge in [0, 0.05) is 43.0 Å². The minimum absolute atomic E-state index is 0.0531. The van der Waals surface area contributed by atoms with Crippen LogP contribution in [0.1, 0.15) is 18.5 Å². The minimum Gasteiger partial charge on any atom is -0.493 e. The largest absolute Gasteiger partial charge is 0.493 e. The molecule has 0 bridgehead atoms. The number of aromatic amines is 1. The summed E-state index contributed by atoms with van der Waals surface area (Å²) in [6.45, 7) is 5.69. The summed E-state index contributed by atoms with van der Waals surface area (Å²) in [6, 6.07) is 5.28. The van der Waals surface area contributed by atoms with Crippen LogP contribution in [0.15, 0.2) is 35.6 Å². The number of nitrogens with zero attached hydrogens (tertiary/aromatic N) is 3. The number of hydrogen-bond acceptors (Lipinski definition) is 7. The molecule has 2 aromatic rings. The van der Waals surface area contributed by atoms with Crippen molar-refractivity contribution in [3.05, 3.63) is 46.9 Å². The summed E-state index contributed by atoms with van der Waals surface area (Å²) in [6.07, 6.45) is 3.03. The summed E-state index contributed by atoms with van der Waals surface area (Å²) in [5.74, 6) is 3.44. The first-order valence-corrected chi connectivity index (χ1v) is 11.0. The third kappa shape index (κ3) is 5.63. The van der Waals surface area contributed by atoms with E-state index in [-0.39, 0.29) is 30.0 Å². The standard InChI is InChI=1S/C21H26N4O4S/c1-3-4-11-29-17-7-5-15(14-18(17)28-2)20-22-21(27)16(23-24-20)6-8-19(26)25-9-12-30-13-10-25/h3,5,7,14H,1,4,6,8-13H2,2H3,(H,22,24,27). The maximum Gasteiger partial charge on any atom is 0.273 e. The van der Waals surface area contributed by atoms with E-state index in [4.69, 9.17) is 9.47 Å². The Morgan fingerprint density at radius 3 is 2.80 bits per heavy atom. The van der Waals surface area contributed by atoms with Gasteiger partial charge in [0.2, 0.25) is 5.91 Å². The van der Waals surface area contributed by atoms with Gasteiger partial charge in [0.1, 0.15) is 5.69 Å². The molecule has 0 radical (unpaired) electrons. The molecule has 1 aliphatic rings. The Morgan fingerprint density at radius 1 is 1.30 bits per heavy atom. The number of carbonyl (C=O) groups excluding carboxylic acids is 1. The number of carbonyl (C=O) groups is 1. The van der Waals surface area contributed by atoms with Gasteiger partial charge in [-0.2, -0.15) is 11.8 Å². The molecular formula is C21H26N4O4S. The Balaban J connectivity index is 1.67. The predicted octanol–water partition coefficient (Wildman–Crippen LogP) is 2.30. The Kier molecular flexibility index (Phi) is 7.89. The van der Waals surface area contributed by atoms with E-state index in [9.17, 15) is 9.59 Å². The monoisotopic (exact) mass is 430 g/mol. The predicted molar refractivity (Wildman–Crippen MR) is 117 cm³/mol. The molecule has 3 rings (SSSR count). The average Bonchev–Trinajstić information content (AvgIpc) is 2.79. The van der Waals surface area contributed by atoms with Gasteiger partial charge in [-0.25, -0.2) is 0 Å². The fourth-order valence-electron chi connectivity index (χ4n) is 3.04. The maximum atomic E-state index is 12.4. The molecule has 1 fully saturated rings. The Labute approximate surface area is 179 Å². The maximum absolute atomic E-state index is 12.4. The molecule has 2 heterocycles. The zero-order valence-electron chi connectivity index (χ0n) is 17.1. The smallest absolute Gasteiger partial charge is 0.273 e. The fourth-order valence-corrected chi connectivity index (χ4v) is 3.94. The number of rotatable bonds is 9. The minimum atomic E-state index is -0.340. The van der Waals surface area contributed by atoms with E-state index in [1.165, 1.54) is 0 Å². The van der Waals surface area contributed by atoms with E-state index in [2.05, 4.69) is 21.8 Å². The van der Waals surface area contributed by atoms with Crippen LogP contribution in [0.3, 0.4) is 0 Å². The van der Waals surface area contributed by atoms with Crippen molar-refractivity contribution in [3.8, 4) is 22.9 Å². The quantitative estimate of drug-likeness (QED) is 0.482. The number of amides is 1. The zero-order valence-corrected chi connectivity index (χ0v) is 17.9. The van der Waals surface area contributed by atoms with E-state index in [1.54, 1.807) is 31.4 Å². The number of methoxy groups -OCH3 is 1. The molecule has 1 saturated heterocycles. The lowest BCUT2D eigenvalue weighted by Gasteiger charge is -2.26. The summed E-state index contributed by atoms with van der Waals surface area (Å²) in [5, 5.41) is 8.20. The third-order valence-electron chi connectivity index (χ3n) is 4.72. The van der Waals surface area contributed by atoms with Crippen LogP contribution in [-0.4, -0.2) is 64.3 Å². The van der Waals surface area contributed by atoms with E-state index in [1.807, 2.05) is 16.7 Å². The SMILES string of the molecule is C=CCCOc1ccc(-c2nnc(CCC(=O)N3CCSCC3)c(=O)[nH]2)cc1OC. The lowest BCUT2D eigenvalue weighted by Crippen LogP contribution is -2.38. The van der Waals surface area contributed by atoms with Crippen molar-refractivity contribution < 1.29 is 14.3 Å². The molecule has 30 heavy (non-hydrogen) atoms. The highest BCUT2D eigenvalue weighted by Crippen LogP contribution is 2.31. The number of thioether (sulfide) groups is 1. The van der Waals surface area contributed by atoms with Crippen molar-refractivity contribution in [3.63, 3.8) is 0 Å². The molecule has 0 unspecified atom stereocenters. The molecule has 1 amide bonds. The van der Waals surface area contributed by atoms with Gasteiger partial charge in [-0.3, -0.25) is 9.59 Å². The summed E-state index contributed by atoms with van der Waals surface area (Å²) < 4.78 is 11.0. The number of aryl methyl sites for hydroxylation is 1. The zero-order chi connectivity index (χ0) is 21.3. The highest BCUT2D eigenvalue weighted by Gasteiger charge is 2.18. The van der Waals surface area contributed by atoms with Gasteiger partial charge in [0.25, 0.3) is 5.56 Å². The van der Waals surface area contributed by atoms with Gasteiger partial charge < -0.3 is 19.4 Å². The Hall–Kier alpha value is -2.81. The van der Waals surface area contributed by atoms with Crippen LogP contribution < -0.4 is 15.0 Å². The van der Waals surface area contributed by atoms with Crippen molar-refractivity contribution >= 4 is 17.7 Å². The summed E-state index contributed by atoms with van der Waals surface area (Å²) >= 11 is 1.85. The average molecular weight is 431 g/mol. The highest BCUT2D eigenvalue weighted by atomic mass is 32.2. The summed E-state index contributed by atoms with van der Waals surface area (Å²) in [4.78, 5) is 29.3. The summed E-state index contributed by atoms with van der Waals surface area (Å²) in [5.41, 5.74) is 0.572. The first-order valence-electron chi connectivity index (χ1n) is 9.86. The molecule has 1 aromatic heterocycles. The van der Waals surface area contributed by atoms with E-state index >= 15 is 0 Å². The normalized spacial score (nSPS) is 13.7. The van der Waals surface area contributed by atoms with Crippen LogP contribution in [0.2, 0.25) is 0 Å². The second-order valence-corrected chi connectivity index (χ2v) is 7.96. The number of hydrogen-bond donors (Lipinski definition) is 1. The summed E-state index contributed by atoms with van der Waals surface area (Å²) in [7, 11) is 1.55. The van der Waals surface area contributed by atoms with Gasteiger partial charge >= 0.3 is 0 Å². The molecule has 160 valence electrons. The Morgan fingerprint density at radius 2 is 2.10 bits per heavy atom. The van der Waals surface area contributed by atoms with Crippen molar-refractivity contribution in [2.75, 3.05) is 38.3 Å². The molecular weight excluding hydrogens is 404 g/mol. The van der Waals surface area contributed by atoms with Crippen LogP contribution >= 0.6 is 11.8 Å². The molecule has 0 aliphatic carbocycles. The van der Waals surface area contributed by atoms with Gasteiger partial charge in [-0.05, 0) is 24.6 Å². The molecule has 8 nitrogen and oxygen atoms in total. The second-order valence-electron chi connectivity index (χ2n) is 6.73. The molecule has 1 aromatic carbocycles. The molecule has 0 atom stereocenters. The fraction of sp³-hybridized carbons (Fsp3) is 0.429. The van der Waals surface area contributed by atoms with Crippen molar-refractivity contribution in [2.45, 2.75) is 19.3 Å². The van der Waals surface area contributed by atoms with Crippen LogP contribution in [0, 0.1) is 0 Å². The van der Waals surface area contributed by atoms with Crippen LogP contribution in [-0.2, 0) is 11.2 Å². The van der Waals surface area contributed by atoms with Crippen LogP contribution in [0.5, 0.6) is 11.5 Å². The number of aromatic nitrogens is 3. The first kappa shape index (κ1) is 21.9. The molecule has 0 spiro atoms. The van der Waals surface area contributed by atoms with E-state index in [0.717, 1.165) is 31.0 Å². The lowest BCUT2D eigenvalue weighted by atomic mass is 10.2. The van der Waals surface area contributed by atoms with E-state index < -0.39 is 0 Å². The van der Waals surface area contributed by atoms with Crippen molar-refractivity contribution in [1.29, 1.82) is 0 Å². The Bertz CT molecular complexity index is 941. The topological polar surface area (TPSA) is 97.4 Å². The third-order valence-corrected chi connectivity index (χ3v) is 5.66. The highest BCUT2D eigenvalue weighted by molar-refractivity contribution is 7.99. The first-order chi connectivity index (χ1) is 14.6. The molecule has 1 N–H and O–H groups in total. The van der Waals surface area contributed by atoms with Crippen LogP contribution in [0.4, 0.5) is 0 Å². The number of H-pyrrole nitrogens is 1. The number of benzene rings is 1. The van der Waals surface area contributed by atoms with Crippen LogP contribution in [0.25, 0.3) is 11.4 Å². The van der Waals surface area contributed by atoms with Gasteiger partial charge in [-0.1, -0.05) is 6.08 Å². The molecule has 1 aliphatic heterocycles. The van der Waals surface area contributed by atoms with Gasteiger partial charge in [-0.15, -0.1) is 16.8 Å².